The second-order valence-corrected chi connectivity index (χ2v) is 3.47. The Balaban J connectivity index is 2.89. The minimum absolute atomic E-state index is 0.291. The molecule has 0 aromatic carbocycles. The molecule has 0 aliphatic carbocycles. The molecule has 1 aliphatic rings. The van der Waals surface area contributed by atoms with Gasteiger partial charge in [0.25, 0.3) is 6.23 Å². The van der Waals surface area contributed by atoms with Crippen molar-refractivity contribution in [1.29, 1.82) is 0 Å². The summed E-state index contributed by atoms with van der Waals surface area (Å²) in [5.74, 6) is 0. The molecule has 1 fully saturated rings. The van der Waals surface area contributed by atoms with Crippen LogP contribution in [-0.2, 0) is 4.74 Å². The predicted octanol–water partition coefficient (Wildman–Crippen LogP) is -3.89. The van der Waals surface area contributed by atoms with E-state index in [1.807, 2.05) is 0 Å². The van der Waals surface area contributed by atoms with Gasteiger partial charge in [-0.3, -0.25) is 4.74 Å². The van der Waals surface area contributed by atoms with Crippen LogP contribution in [-0.4, -0.2) is 41.7 Å². The van der Waals surface area contributed by atoms with Gasteiger partial charge in [-0.15, -0.1) is 0 Å². The van der Waals surface area contributed by atoms with Crippen molar-refractivity contribution in [1.82, 2.24) is 0 Å². The number of rotatable bonds is 1. The van der Waals surface area contributed by atoms with Crippen LogP contribution >= 0.6 is 0 Å². The average molecular weight is 204 g/mol. The smallest absolute Gasteiger partial charge is 0.285 e. The molecule has 82 valence electrons. The lowest BCUT2D eigenvalue weighted by Gasteiger charge is -2.45. The fraction of sp³-hybridized carbons (Fsp3) is 0.833. The van der Waals surface area contributed by atoms with E-state index in [1.54, 1.807) is 0 Å². The molecule has 1 rings (SSSR count). The Morgan fingerprint density at radius 2 is 1.79 bits per heavy atom. The molecule has 0 aromatic heterocycles. The molecule has 14 heavy (non-hydrogen) atoms. The van der Waals surface area contributed by atoms with Crippen LogP contribution in [0.5, 0.6) is 0 Å². The summed E-state index contributed by atoms with van der Waals surface area (Å²) in [7, 11) is 0. The van der Waals surface area contributed by atoms with Crippen molar-refractivity contribution in [2.24, 2.45) is 28.7 Å². The number of hydroxylamine groups is 1. The van der Waals surface area contributed by atoms with E-state index < -0.39 is 30.2 Å². The fourth-order valence-electron chi connectivity index (χ4n) is 1.32. The third-order valence-corrected chi connectivity index (χ3v) is 2.38. The Bertz CT molecular complexity index is 244. The van der Waals surface area contributed by atoms with Crippen molar-refractivity contribution in [3.8, 4) is 0 Å². The molecule has 0 aromatic rings. The lowest BCUT2D eigenvalue weighted by molar-refractivity contribution is -0.566. The third kappa shape index (κ3) is 1.59. The van der Waals surface area contributed by atoms with Crippen molar-refractivity contribution in [3.05, 3.63) is 5.21 Å². The first-order chi connectivity index (χ1) is 6.28. The summed E-state index contributed by atoms with van der Waals surface area (Å²) < 4.78 is 5.31. The van der Waals surface area contributed by atoms with Gasteiger partial charge in [-0.1, -0.05) is 0 Å². The second kappa shape index (κ2) is 3.42. The maximum atomic E-state index is 10.9. The zero-order chi connectivity index (χ0) is 11.1. The predicted molar refractivity (Wildman–Crippen MR) is 50.7 cm³/mol. The van der Waals surface area contributed by atoms with E-state index in [0.29, 0.717) is 4.74 Å². The van der Waals surface area contributed by atoms with Gasteiger partial charge in [-0.25, -0.2) is 0 Å². The fourth-order valence-corrected chi connectivity index (χ4v) is 1.32. The van der Waals surface area contributed by atoms with E-state index in [-0.39, 0.29) is 0 Å². The zero-order valence-electron chi connectivity index (χ0n) is 7.67. The van der Waals surface area contributed by atoms with Crippen LogP contribution in [0.2, 0.25) is 0 Å². The maximum Gasteiger partial charge on any atom is 0.285 e. The topological polar surface area (TPSA) is 165 Å². The summed E-state index contributed by atoms with van der Waals surface area (Å²) in [5.41, 5.74) is 26.5. The largest absolute Gasteiger partial charge is 0.622 e. The lowest BCUT2D eigenvalue weighted by atomic mass is 9.91. The van der Waals surface area contributed by atoms with Crippen molar-refractivity contribution in [3.63, 3.8) is 0 Å². The quantitative estimate of drug-likeness (QED) is 0.0956. The molecule has 0 amide bonds. The van der Waals surface area contributed by atoms with Crippen LogP contribution < -0.4 is 28.7 Å². The van der Waals surface area contributed by atoms with Crippen molar-refractivity contribution >= 4 is 6.72 Å². The van der Waals surface area contributed by atoms with Crippen LogP contribution in [0.25, 0.3) is 0 Å². The molecule has 0 radical (unpaired) electrons. The van der Waals surface area contributed by atoms with E-state index in [0.717, 1.165) is 0 Å². The molecule has 0 saturated carbocycles. The van der Waals surface area contributed by atoms with E-state index in [2.05, 4.69) is 6.72 Å². The Morgan fingerprint density at radius 1 is 1.29 bits per heavy atom. The Kier molecular flexibility index (Phi) is 2.76. The van der Waals surface area contributed by atoms with Gasteiger partial charge >= 0.3 is 0 Å². The van der Waals surface area contributed by atoms with Crippen molar-refractivity contribution in [2.45, 2.75) is 30.2 Å². The summed E-state index contributed by atoms with van der Waals surface area (Å²) in [5, 5.41) is 10.9. The minimum atomic E-state index is -1.45. The van der Waals surface area contributed by atoms with Crippen LogP contribution in [0.3, 0.4) is 0 Å². The average Bonchev–Trinajstić information content (AvgIpc) is 2.08. The Hall–Kier alpha value is -0.770. The molecule has 1 unspecified atom stereocenters. The monoisotopic (exact) mass is 204 g/mol. The molecule has 8 heteroatoms. The number of nitrogens with zero attached hydrogens (tertiary/aromatic N) is 1. The molecule has 1 aliphatic heterocycles. The molecule has 0 spiro atoms. The molecule has 8 nitrogen and oxygen atoms in total. The molecule has 1 heterocycles. The van der Waals surface area contributed by atoms with Crippen LogP contribution in [0.1, 0.15) is 0 Å². The molecule has 0 bridgehead atoms. The van der Waals surface area contributed by atoms with Crippen LogP contribution in [0.15, 0.2) is 0 Å². The van der Waals surface area contributed by atoms with Gasteiger partial charge in [0.2, 0.25) is 0 Å². The van der Waals surface area contributed by atoms with Gasteiger partial charge in [0.1, 0.15) is 24.7 Å². The summed E-state index contributed by atoms with van der Waals surface area (Å²) in [6.07, 6.45) is -2.08. The number of ether oxygens (including phenoxy) is 1. The van der Waals surface area contributed by atoms with Crippen LogP contribution in [0.4, 0.5) is 0 Å². The standard InChI is InChI=1S/C6H16N6O2/c1-12(13)4-2(7)3(8)6(10,11)5(9)14-4/h2-5H,1,7-11H2/t2-,3+,4?,5+/m0/s1. The second-order valence-electron chi connectivity index (χ2n) is 3.47. The van der Waals surface area contributed by atoms with Gasteiger partial charge < -0.3 is 33.9 Å². The van der Waals surface area contributed by atoms with Gasteiger partial charge in [0.05, 0.1) is 6.04 Å². The molecule has 10 N–H and O–H groups in total. The summed E-state index contributed by atoms with van der Waals surface area (Å²) >= 11 is 0. The first-order valence-corrected chi connectivity index (χ1v) is 4.05. The van der Waals surface area contributed by atoms with Crippen LogP contribution in [0, 0.1) is 5.21 Å². The highest BCUT2D eigenvalue weighted by Gasteiger charge is 2.50. The maximum absolute atomic E-state index is 10.9. The summed E-state index contributed by atoms with van der Waals surface area (Å²) in [4.78, 5) is 0. The SMILES string of the molecule is C=[N+]([O-])C1O[C@@H](N)C(N)(N)[C@H](N)[C@@H]1N. The van der Waals surface area contributed by atoms with E-state index >= 15 is 0 Å². The highest BCUT2D eigenvalue weighted by Crippen LogP contribution is 2.19. The highest BCUT2D eigenvalue weighted by atomic mass is 16.6. The summed E-state index contributed by atoms with van der Waals surface area (Å²) in [6, 6.07) is -1.67. The van der Waals surface area contributed by atoms with Crippen molar-refractivity contribution < 1.29 is 9.48 Å². The Morgan fingerprint density at radius 3 is 2.21 bits per heavy atom. The zero-order valence-corrected chi connectivity index (χ0v) is 7.67. The van der Waals surface area contributed by atoms with E-state index in [4.69, 9.17) is 33.4 Å². The lowest BCUT2D eigenvalue weighted by Crippen LogP contribution is -2.82. The molecule has 1 saturated heterocycles. The number of hydrogen-bond donors (Lipinski definition) is 5. The van der Waals surface area contributed by atoms with E-state index in [9.17, 15) is 5.21 Å². The first kappa shape index (κ1) is 11.3. The number of hydrogen-bond acceptors (Lipinski definition) is 7. The number of nitrogens with two attached hydrogens (primary N) is 5. The van der Waals surface area contributed by atoms with Crippen molar-refractivity contribution in [2.75, 3.05) is 0 Å². The van der Waals surface area contributed by atoms with Gasteiger partial charge in [0.15, 0.2) is 0 Å². The third-order valence-electron chi connectivity index (χ3n) is 2.38. The minimum Gasteiger partial charge on any atom is -0.622 e. The molecular weight excluding hydrogens is 188 g/mol. The van der Waals surface area contributed by atoms with E-state index in [1.165, 1.54) is 0 Å². The first-order valence-electron chi connectivity index (χ1n) is 4.05. The normalized spacial score (nSPS) is 42.1. The van der Waals surface area contributed by atoms with Gasteiger partial charge in [-0.2, -0.15) is 4.74 Å². The van der Waals surface area contributed by atoms with Gasteiger partial charge in [0, 0.05) is 0 Å². The Labute approximate surface area is 81.2 Å². The summed E-state index contributed by atoms with van der Waals surface area (Å²) in [6.45, 7) is 3.11. The molecular formula is C6H16N6O2. The highest BCUT2D eigenvalue weighted by molar-refractivity contribution is 5.15. The van der Waals surface area contributed by atoms with Gasteiger partial charge in [-0.05, 0) is 0 Å². The molecule has 4 atom stereocenters.